The van der Waals surface area contributed by atoms with Gasteiger partial charge in [0.05, 0.1) is 5.69 Å². The van der Waals surface area contributed by atoms with Gasteiger partial charge in [-0.3, -0.25) is 4.79 Å². The Morgan fingerprint density at radius 2 is 1.91 bits per heavy atom. The van der Waals surface area contributed by atoms with Crippen molar-refractivity contribution >= 4 is 24.0 Å². The summed E-state index contributed by atoms with van der Waals surface area (Å²) < 4.78 is 41.6. The summed E-state index contributed by atoms with van der Waals surface area (Å²) in [6.07, 6.45) is 3.66. The Morgan fingerprint density at radius 3 is 2.55 bits per heavy atom. The number of halogens is 4. The molecule has 0 unspecified atom stereocenters. The Kier molecular flexibility index (Phi) is 10.4. The molecule has 3 N–H and O–H groups in total. The Morgan fingerprint density at radius 1 is 1.23 bits per heavy atom. The molecule has 0 fully saturated rings. The Balaban J connectivity index is 0.00000441. The topological polar surface area (TPSA) is 64.4 Å². The highest BCUT2D eigenvalue weighted by atomic mass is 35.5. The third kappa shape index (κ3) is 8.09. The molecule has 0 spiro atoms. The van der Waals surface area contributed by atoms with E-state index in [4.69, 9.17) is 5.73 Å². The van der Waals surface area contributed by atoms with Gasteiger partial charge in [-0.1, -0.05) is 12.8 Å². The molecule has 1 rings (SSSR count). The molecule has 0 heterocycles. The number of carbonyl (C=O) groups is 1. The number of nitrogens with two attached hydrogens (primary N) is 1. The normalized spacial score (nSPS) is 10.2. The monoisotopic (exact) mass is 340 g/mol. The third-order valence-electron chi connectivity index (χ3n) is 2.79. The number of unbranched alkanes of at least 4 members (excludes halogenated alkanes) is 3. The van der Waals surface area contributed by atoms with Gasteiger partial charge in [0.2, 0.25) is 5.91 Å². The van der Waals surface area contributed by atoms with E-state index >= 15 is 0 Å². The number of ether oxygens (including phenoxy) is 1. The fourth-order valence-corrected chi connectivity index (χ4v) is 1.79. The highest BCUT2D eigenvalue weighted by Crippen LogP contribution is 2.27. The summed E-state index contributed by atoms with van der Waals surface area (Å²) in [5.74, 6) is -1.43. The van der Waals surface area contributed by atoms with E-state index in [1.807, 2.05) is 0 Å². The van der Waals surface area contributed by atoms with Crippen LogP contribution in [0.2, 0.25) is 0 Å². The van der Waals surface area contributed by atoms with Crippen molar-refractivity contribution in [3.8, 4) is 5.75 Å². The van der Waals surface area contributed by atoms with E-state index in [-0.39, 0.29) is 36.2 Å². The van der Waals surface area contributed by atoms with Gasteiger partial charge in [0.25, 0.3) is 0 Å². The molecule has 8 heteroatoms. The summed E-state index contributed by atoms with van der Waals surface area (Å²) in [5, 5.41) is 2.45. The summed E-state index contributed by atoms with van der Waals surface area (Å²) in [6, 6.07) is 3.07. The summed E-state index contributed by atoms with van der Waals surface area (Å²) in [6.45, 7) is -2.46. The van der Waals surface area contributed by atoms with Gasteiger partial charge in [-0.05, 0) is 31.5 Å². The molecular formula is C14H20ClF3N2O2. The van der Waals surface area contributed by atoms with Crippen LogP contribution in [0.25, 0.3) is 0 Å². The number of benzene rings is 1. The van der Waals surface area contributed by atoms with Crippen molar-refractivity contribution in [1.82, 2.24) is 0 Å². The van der Waals surface area contributed by atoms with Gasteiger partial charge in [-0.2, -0.15) is 8.78 Å². The zero-order chi connectivity index (χ0) is 15.7. The smallest absolute Gasteiger partial charge is 0.387 e. The van der Waals surface area contributed by atoms with E-state index in [2.05, 4.69) is 10.1 Å². The van der Waals surface area contributed by atoms with E-state index in [1.54, 1.807) is 0 Å². The van der Waals surface area contributed by atoms with Gasteiger partial charge in [0.15, 0.2) is 5.75 Å². The maximum absolute atomic E-state index is 13.0. The number of alkyl halides is 2. The van der Waals surface area contributed by atoms with Gasteiger partial charge in [0.1, 0.15) is 5.82 Å². The largest absolute Gasteiger partial charge is 0.432 e. The van der Waals surface area contributed by atoms with Crippen LogP contribution < -0.4 is 15.8 Å². The van der Waals surface area contributed by atoms with Crippen LogP contribution in [0.15, 0.2) is 18.2 Å². The second-order valence-electron chi connectivity index (χ2n) is 4.52. The lowest BCUT2D eigenvalue weighted by atomic mass is 10.1. The summed E-state index contributed by atoms with van der Waals surface area (Å²) in [5.41, 5.74) is 5.39. The van der Waals surface area contributed by atoms with Crippen molar-refractivity contribution < 1.29 is 22.7 Å². The Labute approximate surface area is 133 Å². The lowest BCUT2D eigenvalue weighted by molar-refractivity contribution is -0.116. The van der Waals surface area contributed by atoms with E-state index < -0.39 is 12.4 Å². The quantitative estimate of drug-likeness (QED) is 0.674. The van der Waals surface area contributed by atoms with Crippen molar-refractivity contribution in [3.63, 3.8) is 0 Å². The third-order valence-corrected chi connectivity index (χ3v) is 2.79. The maximum atomic E-state index is 13.0. The molecule has 1 aromatic rings. The first-order valence-electron chi connectivity index (χ1n) is 6.77. The van der Waals surface area contributed by atoms with Crippen molar-refractivity contribution in [2.45, 2.75) is 38.7 Å². The zero-order valence-corrected chi connectivity index (χ0v) is 12.8. The molecule has 0 aliphatic rings. The van der Waals surface area contributed by atoms with E-state index in [0.717, 1.165) is 31.4 Å². The molecule has 0 aliphatic heterocycles. The van der Waals surface area contributed by atoms with Crippen LogP contribution in [-0.2, 0) is 4.79 Å². The van der Waals surface area contributed by atoms with Crippen molar-refractivity contribution in [2.24, 2.45) is 5.73 Å². The predicted octanol–water partition coefficient (Wildman–Crippen LogP) is 3.70. The minimum absolute atomic E-state index is 0. The predicted molar refractivity (Wildman–Crippen MR) is 81.0 cm³/mol. The lowest BCUT2D eigenvalue weighted by Gasteiger charge is -2.12. The van der Waals surface area contributed by atoms with Gasteiger partial charge >= 0.3 is 6.61 Å². The SMILES string of the molecule is Cl.NCCCCCCC(=O)Nc1ccc(F)cc1OC(F)F. The number of amides is 1. The summed E-state index contributed by atoms with van der Waals surface area (Å²) in [4.78, 5) is 11.7. The molecule has 1 aromatic carbocycles. The first-order chi connectivity index (χ1) is 10.0. The number of rotatable bonds is 9. The summed E-state index contributed by atoms with van der Waals surface area (Å²) >= 11 is 0. The fraction of sp³-hybridized carbons (Fsp3) is 0.500. The average Bonchev–Trinajstić information content (AvgIpc) is 2.41. The van der Waals surface area contributed by atoms with Crippen LogP contribution >= 0.6 is 12.4 Å². The molecule has 22 heavy (non-hydrogen) atoms. The number of anilines is 1. The van der Waals surface area contributed by atoms with Crippen LogP contribution in [0.1, 0.15) is 32.1 Å². The first kappa shape index (κ1) is 20.5. The van der Waals surface area contributed by atoms with Crippen molar-refractivity contribution in [2.75, 3.05) is 11.9 Å². The zero-order valence-electron chi connectivity index (χ0n) is 12.0. The fourth-order valence-electron chi connectivity index (χ4n) is 1.79. The average molecular weight is 341 g/mol. The molecule has 1 amide bonds. The molecule has 0 saturated heterocycles. The van der Waals surface area contributed by atoms with E-state index in [0.29, 0.717) is 13.0 Å². The molecular weight excluding hydrogens is 321 g/mol. The van der Waals surface area contributed by atoms with Crippen molar-refractivity contribution in [1.29, 1.82) is 0 Å². The second kappa shape index (κ2) is 11.1. The summed E-state index contributed by atoms with van der Waals surface area (Å²) in [7, 11) is 0. The molecule has 0 radical (unpaired) electrons. The van der Waals surface area contributed by atoms with Gasteiger partial charge in [-0.25, -0.2) is 4.39 Å². The maximum Gasteiger partial charge on any atom is 0.387 e. The molecule has 0 aliphatic carbocycles. The van der Waals surface area contributed by atoms with Crippen LogP contribution in [0.3, 0.4) is 0 Å². The van der Waals surface area contributed by atoms with E-state index in [9.17, 15) is 18.0 Å². The molecule has 0 atom stereocenters. The number of carbonyl (C=O) groups excluding carboxylic acids is 1. The standard InChI is InChI=1S/C14H19F3N2O2.ClH/c15-10-6-7-11(12(9-10)21-14(16)17)19-13(20)5-3-1-2-4-8-18;/h6-7,9,14H,1-5,8,18H2,(H,19,20);1H. The minimum atomic E-state index is -3.08. The number of hydrogen-bond donors (Lipinski definition) is 2. The second-order valence-corrected chi connectivity index (χ2v) is 4.52. The highest BCUT2D eigenvalue weighted by Gasteiger charge is 2.13. The Hall–Kier alpha value is -1.47. The van der Waals surface area contributed by atoms with Crippen molar-refractivity contribution in [3.05, 3.63) is 24.0 Å². The lowest BCUT2D eigenvalue weighted by Crippen LogP contribution is -2.13. The van der Waals surface area contributed by atoms with Crippen LogP contribution in [0, 0.1) is 5.82 Å². The van der Waals surface area contributed by atoms with Gasteiger partial charge in [0, 0.05) is 12.5 Å². The van der Waals surface area contributed by atoms with E-state index in [1.165, 1.54) is 6.07 Å². The van der Waals surface area contributed by atoms with Gasteiger partial charge in [-0.15, -0.1) is 12.4 Å². The van der Waals surface area contributed by atoms with Crippen LogP contribution in [-0.4, -0.2) is 19.1 Å². The number of hydrogen-bond acceptors (Lipinski definition) is 3. The minimum Gasteiger partial charge on any atom is -0.432 e. The molecule has 0 saturated carbocycles. The van der Waals surface area contributed by atoms with Crippen LogP contribution in [0.4, 0.5) is 18.9 Å². The van der Waals surface area contributed by atoms with Crippen LogP contribution in [0.5, 0.6) is 5.75 Å². The Bertz CT molecular complexity index is 462. The molecule has 0 aromatic heterocycles. The molecule has 126 valence electrons. The van der Waals surface area contributed by atoms with Gasteiger partial charge < -0.3 is 15.8 Å². The highest BCUT2D eigenvalue weighted by molar-refractivity contribution is 5.92. The molecule has 4 nitrogen and oxygen atoms in total. The first-order valence-corrected chi connectivity index (χ1v) is 6.77. The number of nitrogens with one attached hydrogen (secondary N) is 1. The molecule has 0 bridgehead atoms.